The molecule has 3 amide bonds. The maximum absolute atomic E-state index is 13.6. The highest BCUT2D eigenvalue weighted by Crippen LogP contribution is 2.43. The molecule has 0 aromatic heterocycles. The fourth-order valence-electron chi connectivity index (χ4n) is 5.68. The summed E-state index contributed by atoms with van der Waals surface area (Å²) in [5, 5.41) is 5.83. The van der Waals surface area contributed by atoms with Gasteiger partial charge in [0.25, 0.3) is 11.8 Å². The summed E-state index contributed by atoms with van der Waals surface area (Å²) in [5.74, 6) is 0.723. The SMILES string of the molecule is CCOC(=O)C1(CC2CC2)CNC(=O)CCCN(C(=O)c2ccc(OC(C)C)cc2)CCNC(=O)COc2cc(ccc2OC)C1. The average Bonchev–Trinajstić information content (AvgIpc) is 3.85. The van der Waals surface area contributed by atoms with Gasteiger partial charge in [-0.25, -0.2) is 0 Å². The highest BCUT2D eigenvalue weighted by Gasteiger charge is 2.44. The average molecular weight is 638 g/mol. The zero-order chi connectivity index (χ0) is 33.1. The van der Waals surface area contributed by atoms with Gasteiger partial charge in [-0.05, 0) is 87.9 Å². The maximum Gasteiger partial charge on any atom is 0.314 e. The summed E-state index contributed by atoms with van der Waals surface area (Å²) in [7, 11) is 1.52. The summed E-state index contributed by atoms with van der Waals surface area (Å²) in [6.45, 7) is 6.47. The number of carbonyl (C=O) groups excluding carboxylic acids is 4. The molecule has 1 atom stereocenters. The number of nitrogens with one attached hydrogen (secondary N) is 2. The van der Waals surface area contributed by atoms with Gasteiger partial charge in [0.1, 0.15) is 5.75 Å². The van der Waals surface area contributed by atoms with Gasteiger partial charge in [-0.2, -0.15) is 0 Å². The number of nitrogens with zero attached hydrogens (tertiary/aromatic N) is 1. The number of ether oxygens (including phenoxy) is 4. The van der Waals surface area contributed by atoms with Crippen LogP contribution in [-0.4, -0.2) is 81.2 Å². The van der Waals surface area contributed by atoms with Crippen LogP contribution in [0.2, 0.25) is 0 Å². The lowest BCUT2D eigenvalue weighted by Crippen LogP contribution is -2.46. The topological polar surface area (TPSA) is 133 Å². The van der Waals surface area contributed by atoms with Crippen LogP contribution in [0.15, 0.2) is 42.5 Å². The van der Waals surface area contributed by atoms with Crippen LogP contribution in [-0.2, 0) is 25.5 Å². The van der Waals surface area contributed by atoms with Crippen LogP contribution in [0.25, 0.3) is 0 Å². The summed E-state index contributed by atoms with van der Waals surface area (Å²) in [6.07, 6.45) is 3.53. The molecule has 0 radical (unpaired) electrons. The Balaban J connectivity index is 1.57. The minimum atomic E-state index is -0.977. The normalized spacial score (nSPS) is 20.0. The minimum Gasteiger partial charge on any atom is -0.493 e. The molecule has 46 heavy (non-hydrogen) atoms. The second kappa shape index (κ2) is 16.3. The fourth-order valence-corrected chi connectivity index (χ4v) is 5.68. The van der Waals surface area contributed by atoms with Gasteiger partial charge in [0, 0.05) is 38.2 Å². The number of fused-ring (bicyclic) bond motifs is 2. The minimum absolute atomic E-state index is 0.00647. The Morgan fingerprint density at radius 1 is 1.04 bits per heavy atom. The lowest BCUT2D eigenvalue weighted by atomic mass is 9.76. The molecule has 0 spiro atoms. The predicted octanol–water partition coefficient (Wildman–Crippen LogP) is 3.92. The number of hydrogen-bond acceptors (Lipinski definition) is 8. The second-order valence-corrected chi connectivity index (χ2v) is 12.3. The lowest BCUT2D eigenvalue weighted by molar-refractivity contribution is -0.156. The Morgan fingerprint density at radius 2 is 1.80 bits per heavy atom. The van der Waals surface area contributed by atoms with Gasteiger partial charge in [0.2, 0.25) is 5.91 Å². The van der Waals surface area contributed by atoms with Gasteiger partial charge >= 0.3 is 5.97 Å². The molecule has 2 bridgehead atoms. The molecule has 11 heteroatoms. The molecule has 11 nitrogen and oxygen atoms in total. The van der Waals surface area contributed by atoms with E-state index in [4.69, 9.17) is 18.9 Å². The molecule has 4 rings (SSSR count). The monoisotopic (exact) mass is 637 g/mol. The van der Waals surface area contributed by atoms with Crippen LogP contribution in [0.4, 0.5) is 0 Å². The van der Waals surface area contributed by atoms with Gasteiger partial charge in [-0.3, -0.25) is 19.2 Å². The second-order valence-electron chi connectivity index (χ2n) is 12.3. The Hall–Kier alpha value is -4.28. The van der Waals surface area contributed by atoms with E-state index in [0.29, 0.717) is 54.5 Å². The largest absolute Gasteiger partial charge is 0.493 e. The van der Waals surface area contributed by atoms with Crippen molar-refractivity contribution in [2.24, 2.45) is 11.3 Å². The van der Waals surface area contributed by atoms with Crippen LogP contribution in [0.1, 0.15) is 68.8 Å². The van der Waals surface area contributed by atoms with Crippen molar-refractivity contribution >= 4 is 23.7 Å². The Morgan fingerprint density at radius 3 is 2.48 bits per heavy atom. The third kappa shape index (κ3) is 9.86. The highest BCUT2D eigenvalue weighted by atomic mass is 16.5. The molecule has 2 N–H and O–H groups in total. The molecule has 1 unspecified atom stereocenters. The number of rotatable bonds is 8. The van der Waals surface area contributed by atoms with Gasteiger partial charge in [-0.15, -0.1) is 0 Å². The van der Waals surface area contributed by atoms with Crippen molar-refractivity contribution in [3.05, 3.63) is 53.6 Å². The molecule has 1 aliphatic carbocycles. The van der Waals surface area contributed by atoms with Crippen molar-refractivity contribution in [2.75, 3.05) is 46.5 Å². The van der Waals surface area contributed by atoms with E-state index in [9.17, 15) is 19.2 Å². The number of esters is 1. The molecule has 1 aliphatic heterocycles. The molecular formula is C35H47N3O8. The number of carbonyl (C=O) groups is 4. The molecule has 1 saturated carbocycles. The van der Waals surface area contributed by atoms with Crippen molar-refractivity contribution in [1.82, 2.24) is 15.5 Å². The van der Waals surface area contributed by atoms with Crippen LogP contribution < -0.4 is 24.8 Å². The number of benzene rings is 2. The van der Waals surface area contributed by atoms with E-state index in [1.54, 1.807) is 48.2 Å². The zero-order valence-corrected chi connectivity index (χ0v) is 27.4. The van der Waals surface area contributed by atoms with Crippen molar-refractivity contribution in [2.45, 2.75) is 65.4 Å². The summed E-state index contributed by atoms with van der Waals surface area (Å²) in [6, 6.07) is 12.3. The summed E-state index contributed by atoms with van der Waals surface area (Å²) in [4.78, 5) is 54.6. The Kier molecular flexibility index (Phi) is 12.3. The van der Waals surface area contributed by atoms with E-state index in [1.807, 2.05) is 19.9 Å². The Bertz CT molecular complexity index is 1360. The molecule has 250 valence electrons. The van der Waals surface area contributed by atoms with E-state index < -0.39 is 5.41 Å². The van der Waals surface area contributed by atoms with Crippen LogP contribution in [0.3, 0.4) is 0 Å². The Labute approximate surface area is 271 Å². The highest BCUT2D eigenvalue weighted by molar-refractivity contribution is 5.94. The number of methoxy groups -OCH3 is 1. The van der Waals surface area contributed by atoms with E-state index in [-0.39, 0.29) is 69.1 Å². The molecule has 2 aliphatic rings. The first-order valence-electron chi connectivity index (χ1n) is 16.2. The first-order valence-corrected chi connectivity index (χ1v) is 16.2. The summed E-state index contributed by atoms with van der Waals surface area (Å²) in [5.41, 5.74) is 0.302. The van der Waals surface area contributed by atoms with Crippen LogP contribution >= 0.6 is 0 Å². The first kappa shape index (κ1) is 34.6. The van der Waals surface area contributed by atoms with E-state index in [2.05, 4.69) is 10.6 Å². The first-order chi connectivity index (χ1) is 22.1. The van der Waals surface area contributed by atoms with Gasteiger partial charge < -0.3 is 34.5 Å². The van der Waals surface area contributed by atoms with Crippen LogP contribution in [0, 0.1) is 11.3 Å². The van der Waals surface area contributed by atoms with Crippen molar-refractivity contribution in [3.63, 3.8) is 0 Å². The third-order valence-electron chi connectivity index (χ3n) is 8.13. The maximum atomic E-state index is 13.6. The van der Waals surface area contributed by atoms with Gasteiger partial charge in [-0.1, -0.05) is 18.9 Å². The summed E-state index contributed by atoms with van der Waals surface area (Å²) >= 11 is 0. The molecule has 2 aromatic carbocycles. The molecular weight excluding hydrogens is 590 g/mol. The third-order valence-corrected chi connectivity index (χ3v) is 8.13. The number of amides is 3. The fraction of sp³-hybridized carbons (Fsp3) is 0.543. The van der Waals surface area contributed by atoms with Crippen molar-refractivity contribution in [1.29, 1.82) is 0 Å². The van der Waals surface area contributed by atoms with E-state index in [0.717, 1.165) is 18.4 Å². The number of hydrogen-bond donors (Lipinski definition) is 2. The van der Waals surface area contributed by atoms with E-state index >= 15 is 0 Å². The lowest BCUT2D eigenvalue weighted by Gasteiger charge is -2.32. The molecule has 1 fully saturated rings. The molecule has 0 saturated heterocycles. The molecule has 1 heterocycles. The van der Waals surface area contributed by atoms with Gasteiger partial charge in [0.05, 0.1) is 25.2 Å². The molecule has 2 aromatic rings. The predicted molar refractivity (Wildman–Crippen MR) is 172 cm³/mol. The smallest absolute Gasteiger partial charge is 0.314 e. The van der Waals surface area contributed by atoms with Crippen molar-refractivity contribution in [3.8, 4) is 17.2 Å². The van der Waals surface area contributed by atoms with Crippen LogP contribution in [0.5, 0.6) is 17.2 Å². The zero-order valence-electron chi connectivity index (χ0n) is 27.4. The standard InChI is InChI=1S/C35H47N3O8/c1-5-44-34(42)35(20-25-8-9-25)21-26-10-15-29(43-4)30(19-26)45-22-32(40)36-16-18-38(17-6-7-31(39)37-23-35)33(41)27-11-13-28(14-12-27)46-24(2)3/h10-15,19,24-25H,5-9,16-18,20-23H2,1-4H3,(H,36,40)(H,37,39). The van der Waals surface area contributed by atoms with Crippen molar-refractivity contribution < 1.29 is 38.1 Å². The van der Waals surface area contributed by atoms with Gasteiger partial charge in [0.15, 0.2) is 18.1 Å². The quantitative estimate of drug-likeness (QED) is 0.417. The van der Waals surface area contributed by atoms with E-state index in [1.165, 1.54) is 7.11 Å². The summed E-state index contributed by atoms with van der Waals surface area (Å²) < 4.78 is 22.6.